The number of nitriles is 1. The molecule has 0 unspecified atom stereocenters. The van der Waals surface area contributed by atoms with E-state index in [1.54, 1.807) is 6.07 Å². The van der Waals surface area contributed by atoms with Gasteiger partial charge in [0, 0.05) is 6.08 Å². The van der Waals surface area contributed by atoms with Gasteiger partial charge in [0.25, 0.3) is 0 Å². The lowest BCUT2D eigenvalue weighted by molar-refractivity contribution is -0.163. The lowest BCUT2D eigenvalue weighted by atomic mass is 9.95. The Labute approximate surface area is 180 Å². The zero-order valence-corrected chi connectivity index (χ0v) is 17.5. The SMILES string of the molecule is C[C@]1(/C=C\C#N)[C@H](C(=O)OC(c2ccccc2)c2ccccc2)N2C(=O)C[C@H]2S1(=O)=O. The molecular weight excluding hydrogens is 416 g/mol. The average molecular weight is 436 g/mol. The number of amides is 1. The van der Waals surface area contributed by atoms with E-state index in [1.807, 2.05) is 60.7 Å². The standard InChI is InChI=1S/C23H20N2O5S/c1-23(13-8-14-24)21(25-18(26)15-19(25)31(23,28)29)22(27)30-20(16-9-4-2-5-10-16)17-11-6-3-7-12-17/h2-13,19-21H,15H2,1H3/b13-8-/t19-,21+,23+/m1/s1. The molecule has 2 fully saturated rings. The van der Waals surface area contributed by atoms with E-state index >= 15 is 0 Å². The molecule has 2 aromatic carbocycles. The van der Waals surface area contributed by atoms with Gasteiger partial charge >= 0.3 is 5.97 Å². The lowest BCUT2D eigenvalue weighted by Gasteiger charge is -2.36. The van der Waals surface area contributed by atoms with E-state index in [0.29, 0.717) is 11.1 Å². The number of β-lactam (4-membered cyclic amide) rings is 1. The molecule has 2 saturated heterocycles. The van der Waals surface area contributed by atoms with Crippen molar-refractivity contribution in [3.63, 3.8) is 0 Å². The summed E-state index contributed by atoms with van der Waals surface area (Å²) >= 11 is 0. The van der Waals surface area contributed by atoms with Gasteiger partial charge in [-0.2, -0.15) is 5.26 Å². The fourth-order valence-electron chi connectivity index (χ4n) is 4.20. The van der Waals surface area contributed by atoms with Crippen LogP contribution in [-0.2, 0) is 24.2 Å². The first kappa shape index (κ1) is 20.8. The molecule has 3 atom stereocenters. The van der Waals surface area contributed by atoms with Crippen LogP contribution in [-0.4, -0.2) is 41.4 Å². The van der Waals surface area contributed by atoms with Crippen molar-refractivity contribution < 1.29 is 22.7 Å². The monoisotopic (exact) mass is 436 g/mol. The molecule has 2 aliphatic heterocycles. The predicted octanol–water partition coefficient (Wildman–Crippen LogP) is 2.51. The molecule has 0 bridgehead atoms. The smallest absolute Gasteiger partial charge is 0.331 e. The van der Waals surface area contributed by atoms with Crippen LogP contribution in [0.3, 0.4) is 0 Å². The van der Waals surface area contributed by atoms with E-state index in [2.05, 4.69) is 0 Å². The number of allylic oxidation sites excluding steroid dienone is 1. The van der Waals surface area contributed by atoms with E-state index in [1.165, 1.54) is 13.0 Å². The molecule has 31 heavy (non-hydrogen) atoms. The average Bonchev–Trinajstić information content (AvgIpc) is 2.92. The van der Waals surface area contributed by atoms with Crippen molar-refractivity contribution in [2.24, 2.45) is 0 Å². The van der Waals surface area contributed by atoms with E-state index < -0.39 is 44.0 Å². The largest absolute Gasteiger partial charge is 0.451 e. The Bertz CT molecular complexity index is 1150. The van der Waals surface area contributed by atoms with Crippen LogP contribution < -0.4 is 0 Å². The van der Waals surface area contributed by atoms with E-state index in [4.69, 9.17) is 10.00 Å². The molecule has 158 valence electrons. The number of ether oxygens (including phenoxy) is 1. The Kier molecular flexibility index (Phi) is 5.15. The number of sulfone groups is 1. The van der Waals surface area contributed by atoms with Crippen molar-refractivity contribution in [2.45, 2.75) is 35.6 Å². The van der Waals surface area contributed by atoms with Gasteiger partial charge in [-0.1, -0.05) is 66.7 Å². The van der Waals surface area contributed by atoms with Gasteiger partial charge in [-0.25, -0.2) is 13.2 Å². The first-order valence-corrected chi connectivity index (χ1v) is 11.3. The quantitative estimate of drug-likeness (QED) is 0.405. The number of nitrogens with zero attached hydrogens (tertiary/aromatic N) is 2. The van der Waals surface area contributed by atoms with E-state index in [0.717, 1.165) is 11.0 Å². The number of hydrogen-bond donors (Lipinski definition) is 0. The van der Waals surface area contributed by atoms with Gasteiger partial charge in [-0.15, -0.1) is 0 Å². The summed E-state index contributed by atoms with van der Waals surface area (Å²) in [5, 5.41) is 7.86. The summed E-state index contributed by atoms with van der Waals surface area (Å²) in [6.45, 7) is 1.35. The second kappa shape index (κ2) is 7.67. The number of hydrogen-bond acceptors (Lipinski definition) is 6. The minimum atomic E-state index is -3.93. The fraction of sp³-hybridized carbons (Fsp3) is 0.261. The number of esters is 1. The molecule has 0 radical (unpaired) electrons. The highest BCUT2D eigenvalue weighted by atomic mass is 32.2. The topological polar surface area (TPSA) is 105 Å². The lowest BCUT2D eigenvalue weighted by Crippen LogP contribution is -2.57. The molecule has 0 N–H and O–H groups in total. The maximum atomic E-state index is 13.4. The van der Waals surface area contributed by atoms with Crippen LogP contribution in [0.2, 0.25) is 0 Å². The summed E-state index contributed by atoms with van der Waals surface area (Å²) in [7, 11) is -3.93. The van der Waals surface area contributed by atoms with Gasteiger partial charge in [0.15, 0.2) is 22.0 Å². The molecule has 1 amide bonds. The Balaban J connectivity index is 1.75. The number of fused-ring (bicyclic) bond motifs is 1. The molecule has 2 aromatic rings. The van der Waals surface area contributed by atoms with Crippen molar-refractivity contribution in [1.29, 1.82) is 5.26 Å². The molecule has 2 heterocycles. The molecule has 8 heteroatoms. The Morgan fingerprint density at radius 1 is 1.16 bits per heavy atom. The van der Waals surface area contributed by atoms with Gasteiger partial charge in [-0.3, -0.25) is 4.79 Å². The van der Waals surface area contributed by atoms with Gasteiger partial charge in [0.05, 0.1) is 12.5 Å². The summed E-state index contributed by atoms with van der Waals surface area (Å²) < 4.78 is 30.3. The molecule has 0 aliphatic carbocycles. The van der Waals surface area contributed by atoms with Gasteiger partial charge in [0.1, 0.15) is 10.1 Å². The van der Waals surface area contributed by atoms with Gasteiger partial charge < -0.3 is 9.64 Å². The third-order valence-corrected chi connectivity index (χ3v) is 8.59. The summed E-state index contributed by atoms with van der Waals surface area (Å²) in [5.41, 5.74) is 1.42. The highest BCUT2D eigenvalue weighted by molar-refractivity contribution is 7.94. The Morgan fingerprint density at radius 2 is 1.71 bits per heavy atom. The maximum Gasteiger partial charge on any atom is 0.331 e. The number of carbonyl (C=O) groups is 2. The zero-order valence-electron chi connectivity index (χ0n) is 16.7. The number of carbonyl (C=O) groups excluding carboxylic acids is 2. The van der Waals surface area contributed by atoms with Crippen molar-refractivity contribution in [3.8, 4) is 6.07 Å². The third kappa shape index (κ3) is 3.22. The maximum absolute atomic E-state index is 13.4. The Hall–Kier alpha value is -3.44. The minimum Gasteiger partial charge on any atom is -0.451 e. The molecule has 2 aliphatic rings. The summed E-state index contributed by atoms with van der Waals surface area (Å²) in [4.78, 5) is 26.7. The highest BCUT2D eigenvalue weighted by Gasteiger charge is 2.69. The molecule has 0 spiro atoms. The second-order valence-electron chi connectivity index (χ2n) is 7.69. The summed E-state index contributed by atoms with van der Waals surface area (Å²) in [5.74, 6) is -1.26. The van der Waals surface area contributed by atoms with Crippen molar-refractivity contribution in [2.75, 3.05) is 0 Å². The summed E-state index contributed by atoms with van der Waals surface area (Å²) in [6.07, 6.45) is 1.25. The predicted molar refractivity (Wildman–Crippen MR) is 112 cm³/mol. The van der Waals surface area contributed by atoms with Crippen LogP contribution in [0, 0.1) is 11.3 Å². The first-order valence-electron chi connectivity index (χ1n) is 9.73. The van der Waals surface area contributed by atoms with Crippen LogP contribution in [0.4, 0.5) is 0 Å². The third-order valence-electron chi connectivity index (χ3n) is 5.89. The van der Waals surface area contributed by atoms with Crippen LogP contribution in [0.15, 0.2) is 72.8 Å². The molecular formula is C23H20N2O5S. The zero-order chi connectivity index (χ0) is 22.2. The molecule has 0 aromatic heterocycles. The van der Waals surface area contributed by atoms with Crippen molar-refractivity contribution >= 4 is 21.7 Å². The number of benzene rings is 2. The Morgan fingerprint density at radius 3 is 2.19 bits per heavy atom. The van der Waals surface area contributed by atoms with Crippen molar-refractivity contribution in [3.05, 3.63) is 83.9 Å². The first-order chi connectivity index (χ1) is 14.8. The van der Waals surface area contributed by atoms with Crippen LogP contribution in [0.25, 0.3) is 0 Å². The van der Waals surface area contributed by atoms with Crippen molar-refractivity contribution in [1.82, 2.24) is 4.90 Å². The summed E-state index contributed by atoms with van der Waals surface area (Å²) in [6, 6.07) is 18.6. The molecule has 4 rings (SSSR count). The second-order valence-corrected chi connectivity index (χ2v) is 10.2. The normalized spacial score (nSPS) is 26.4. The minimum absolute atomic E-state index is 0.178. The van der Waals surface area contributed by atoms with E-state index in [9.17, 15) is 18.0 Å². The van der Waals surface area contributed by atoms with Crippen LogP contribution >= 0.6 is 0 Å². The molecule has 7 nitrogen and oxygen atoms in total. The fourth-order valence-corrected chi connectivity index (χ4v) is 6.46. The number of rotatable bonds is 5. The van der Waals surface area contributed by atoms with Crippen LogP contribution in [0.5, 0.6) is 0 Å². The van der Waals surface area contributed by atoms with Gasteiger partial charge in [0.2, 0.25) is 5.91 Å². The highest BCUT2D eigenvalue weighted by Crippen LogP contribution is 2.47. The van der Waals surface area contributed by atoms with Gasteiger partial charge in [-0.05, 0) is 18.1 Å². The van der Waals surface area contributed by atoms with E-state index in [-0.39, 0.29) is 6.42 Å². The molecule has 0 saturated carbocycles. The van der Waals surface area contributed by atoms with Crippen LogP contribution in [0.1, 0.15) is 30.6 Å².